The zero-order chi connectivity index (χ0) is 28.3. The largest absolute Gasteiger partial charge is 0.477 e. The van der Waals surface area contributed by atoms with Crippen LogP contribution in [0.1, 0.15) is 46.8 Å². The fourth-order valence-corrected chi connectivity index (χ4v) is 5.83. The molecule has 0 bridgehead atoms. The molecule has 5 N–H and O–H groups in total. The SMILES string of the molecule is CNS(=O)(=O)c1ccc(CN2CCCc3c(NC(CO)C(C)C)nc(Nc4nc(C)c(C(=O)O)s4)nc32)cc1. The summed E-state index contributed by atoms with van der Waals surface area (Å²) in [7, 11) is -2.15. The molecule has 39 heavy (non-hydrogen) atoms. The predicted octanol–water partition coefficient (Wildman–Crippen LogP) is 2.97. The first-order valence-corrected chi connectivity index (χ1v) is 14.9. The van der Waals surface area contributed by atoms with Crippen molar-refractivity contribution in [2.45, 2.75) is 51.1 Å². The highest BCUT2D eigenvalue weighted by molar-refractivity contribution is 7.89. The van der Waals surface area contributed by atoms with E-state index in [2.05, 4.69) is 25.2 Å². The van der Waals surface area contributed by atoms with Gasteiger partial charge in [-0.25, -0.2) is 22.9 Å². The van der Waals surface area contributed by atoms with Gasteiger partial charge in [-0.1, -0.05) is 37.3 Å². The Hall–Kier alpha value is -3.33. The summed E-state index contributed by atoms with van der Waals surface area (Å²) in [6, 6.07) is 6.49. The van der Waals surface area contributed by atoms with Crippen molar-refractivity contribution in [3.05, 3.63) is 46.0 Å². The third-order valence-electron chi connectivity index (χ3n) is 6.55. The highest BCUT2D eigenvalue weighted by Gasteiger charge is 2.26. The minimum atomic E-state index is -3.53. The molecule has 0 amide bonds. The van der Waals surface area contributed by atoms with Crippen LogP contribution in [0.25, 0.3) is 0 Å². The van der Waals surface area contributed by atoms with Gasteiger partial charge in [-0.05, 0) is 50.4 Å². The predicted molar refractivity (Wildman–Crippen MR) is 151 cm³/mol. The van der Waals surface area contributed by atoms with E-state index < -0.39 is 16.0 Å². The molecular weight excluding hydrogens is 542 g/mol. The van der Waals surface area contributed by atoms with Crippen molar-refractivity contribution >= 4 is 50.0 Å². The lowest BCUT2D eigenvalue weighted by molar-refractivity contribution is 0.0701. The molecule has 14 heteroatoms. The Balaban J connectivity index is 1.70. The molecule has 1 aliphatic rings. The molecule has 1 aliphatic heterocycles. The molecule has 3 heterocycles. The number of benzene rings is 1. The number of nitrogens with one attached hydrogen (secondary N) is 3. The monoisotopic (exact) mass is 575 g/mol. The summed E-state index contributed by atoms with van der Waals surface area (Å²) in [5.74, 6) is 0.658. The van der Waals surface area contributed by atoms with Crippen molar-refractivity contribution in [2.75, 3.05) is 35.7 Å². The van der Waals surface area contributed by atoms with Crippen LogP contribution in [-0.2, 0) is 23.0 Å². The first kappa shape index (κ1) is 28.7. The van der Waals surface area contributed by atoms with Gasteiger partial charge in [0.1, 0.15) is 16.5 Å². The number of fused-ring (bicyclic) bond motifs is 1. The van der Waals surface area contributed by atoms with Crippen molar-refractivity contribution in [2.24, 2.45) is 5.92 Å². The number of carbonyl (C=O) groups is 1. The fraction of sp³-hybridized carbons (Fsp3) is 0.440. The van der Waals surface area contributed by atoms with Gasteiger partial charge < -0.3 is 20.4 Å². The number of aliphatic hydroxyl groups is 1. The van der Waals surface area contributed by atoms with Crippen LogP contribution in [0, 0.1) is 12.8 Å². The van der Waals surface area contributed by atoms with E-state index in [1.54, 1.807) is 31.2 Å². The molecule has 0 radical (unpaired) electrons. The molecule has 0 fully saturated rings. The Labute approximate surface area is 231 Å². The summed E-state index contributed by atoms with van der Waals surface area (Å²) in [5, 5.41) is 26.2. The Bertz CT molecular complexity index is 1440. The molecule has 0 spiro atoms. The number of aryl methyl sites for hydroxylation is 1. The van der Waals surface area contributed by atoms with Crippen LogP contribution in [0.15, 0.2) is 29.2 Å². The first-order chi connectivity index (χ1) is 18.5. The minimum Gasteiger partial charge on any atom is -0.477 e. The van der Waals surface area contributed by atoms with Crippen molar-refractivity contribution in [3.8, 4) is 0 Å². The van der Waals surface area contributed by atoms with E-state index in [0.29, 0.717) is 29.0 Å². The molecule has 12 nitrogen and oxygen atoms in total. The second-order valence-corrected chi connectivity index (χ2v) is 12.5. The van der Waals surface area contributed by atoms with Gasteiger partial charge in [-0.2, -0.15) is 9.97 Å². The molecule has 1 aromatic carbocycles. The van der Waals surface area contributed by atoms with Gasteiger partial charge in [0, 0.05) is 18.7 Å². The molecule has 3 aromatic rings. The third-order valence-corrected chi connectivity index (χ3v) is 9.04. The van der Waals surface area contributed by atoms with Crippen molar-refractivity contribution < 1.29 is 23.4 Å². The van der Waals surface area contributed by atoms with Crippen molar-refractivity contribution in [1.29, 1.82) is 0 Å². The molecular formula is C25H33N7O5S2. The van der Waals surface area contributed by atoms with Crippen LogP contribution in [-0.4, -0.2) is 65.8 Å². The number of thiazole rings is 1. The number of sulfonamides is 1. The van der Waals surface area contributed by atoms with Gasteiger partial charge in [0.2, 0.25) is 16.0 Å². The lowest BCUT2D eigenvalue weighted by atomic mass is 10.0. The maximum absolute atomic E-state index is 12.1. The van der Waals surface area contributed by atoms with Crippen LogP contribution in [0.5, 0.6) is 0 Å². The Morgan fingerprint density at radius 2 is 1.90 bits per heavy atom. The molecule has 0 aliphatic carbocycles. The van der Waals surface area contributed by atoms with E-state index in [1.807, 2.05) is 13.8 Å². The van der Waals surface area contributed by atoms with Gasteiger partial charge in [0.15, 0.2) is 5.13 Å². The van der Waals surface area contributed by atoms with Gasteiger partial charge in [-0.15, -0.1) is 0 Å². The van der Waals surface area contributed by atoms with Gasteiger partial charge in [0.25, 0.3) is 0 Å². The van der Waals surface area contributed by atoms with Crippen LogP contribution < -0.4 is 20.3 Å². The van der Waals surface area contributed by atoms with Gasteiger partial charge in [-0.3, -0.25) is 5.32 Å². The number of hydrogen-bond donors (Lipinski definition) is 5. The van der Waals surface area contributed by atoms with E-state index >= 15 is 0 Å². The Kier molecular flexibility index (Phi) is 8.69. The molecule has 210 valence electrons. The Morgan fingerprint density at radius 3 is 2.49 bits per heavy atom. The number of anilines is 4. The molecule has 0 saturated carbocycles. The molecule has 2 aromatic heterocycles. The number of aromatic carboxylic acids is 1. The second kappa shape index (κ2) is 11.8. The average molecular weight is 576 g/mol. The Morgan fingerprint density at radius 1 is 1.18 bits per heavy atom. The number of carboxylic acids is 1. The number of aromatic nitrogens is 3. The molecule has 1 unspecified atom stereocenters. The van der Waals surface area contributed by atoms with Gasteiger partial charge >= 0.3 is 5.97 Å². The summed E-state index contributed by atoms with van der Waals surface area (Å²) < 4.78 is 26.5. The normalized spacial score (nSPS) is 14.3. The highest BCUT2D eigenvalue weighted by Crippen LogP contribution is 2.34. The topological polar surface area (TPSA) is 170 Å². The number of hydrogen-bond acceptors (Lipinski definition) is 11. The van der Waals surface area contributed by atoms with Crippen LogP contribution in [0.2, 0.25) is 0 Å². The summed E-state index contributed by atoms with van der Waals surface area (Å²) >= 11 is 1.01. The number of rotatable bonds is 11. The van der Waals surface area contributed by atoms with E-state index in [4.69, 9.17) is 9.97 Å². The summed E-state index contributed by atoms with van der Waals surface area (Å²) in [5.41, 5.74) is 2.23. The smallest absolute Gasteiger partial charge is 0.347 e. The quantitative estimate of drug-likeness (QED) is 0.228. The van der Waals surface area contributed by atoms with E-state index in [9.17, 15) is 23.4 Å². The number of aliphatic hydroxyl groups excluding tert-OH is 1. The second-order valence-electron chi connectivity index (χ2n) is 9.62. The number of carboxylic acid groups (broad SMARTS) is 1. The maximum atomic E-state index is 12.1. The van der Waals surface area contributed by atoms with E-state index in [0.717, 1.165) is 41.9 Å². The van der Waals surface area contributed by atoms with Crippen LogP contribution >= 0.6 is 11.3 Å². The van der Waals surface area contributed by atoms with E-state index in [-0.39, 0.29) is 34.3 Å². The lowest BCUT2D eigenvalue weighted by Gasteiger charge is -2.32. The third kappa shape index (κ3) is 6.46. The van der Waals surface area contributed by atoms with E-state index in [1.165, 1.54) is 7.05 Å². The zero-order valence-corrected chi connectivity index (χ0v) is 23.9. The van der Waals surface area contributed by atoms with Gasteiger partial charge in [0.05, 0.1) is 23.2 Å². The first-order valence-electron chi connectivity index (χ1n) is 12.6. The molecule has 0 saturated heterocycles. The van der Waals surface area contributed by atoms with Crippen LogP contribution in [0.3, 0.4) is 0 Å². The molecule has 1 atom stereocenters. The summed E-state index contributed by atoms with van der Waals surface area (Å²) in [4.78, 5) is 27.7. The van der Waals surface area contributed by atoms with Crippen LogP contribution in [0.4, 0.5) is 22.7 Å². The number of nitrogens with zero attached hydrogens (tertiary/aromatic N) is 4. The highest BCUT2D eigenvalue weighted by atomic mass is 32.2. The zero-order valence-electron chi connectivity index (χ0n) is 22.2. The standard InChI is InChI=1S/C25H33N7O5S2/c1-14(2)19(13-33)28-21-18-6-5-11-32(12-16-7-9-17(10-8-16)39(36,37)26-4)22(18)30-24(29-21)31-25-27-15(3)20(38-25)23(34)35/h7-10,14,19,26,33H,5-6,11-13H2,1-4H3,(H,34,35)(H2,27,28,29,30,31). The summed E-state index contributed by atoms with van der Waals surface area (Å²) in [6.07, 6.45) is 1.60. The lowest BCUT2D eigenvalue weighted by Crippen LogP contribution is -2.34. The van der Waals surface area contributed by atoms with Crippen molar-refractivity contribution in [1.82, 2.24) is 19.7 Å². The fourth-order valence-electron chi connectivity index (χ4n) is 4.30. The summed E-state index contributed by atoms with van der Waals surface area (Å²) in [6.45, 7) is 6.81. The minimum absolute atomic E-state index is 0.0710. The van der Waals surface area contributed by atoms with Crippen molar-refractivity contribution in [3.63, 3.8) is 0 Å². The average Bonchev–Trinajstić information content (AvgIpc) is 3.27. The molecule has 4 rings (SSSR count). The maximum Gasteiger partial charge on any atom is 0.347 e.